The van der Waals surface area contributed by atoms with Gasteiger partial charge in [-0.15, -0.1) is 0 Å². The first kappa shape index (κ1) is 32.5. The Hall–Kier alpha value is -4.42. The van der Waals surface area contributed by atoms with Crippen LogP contribution >= 0.6 is 0 Å². The Bertz CT molecular complexity index is 1790. The minimum absolute atomic E-state index is 0.000281. The van der Waals surface area contributed by atoms with Gasteiger partial charge in [-0.25, -0.2) is 13.2 Å². The summed E-state index contributed by atoms with van der Waals surface area (Å²) in [6.45, 7) is 2.52. The second-order valence-corrected chi connectivity index (χ2v) is 12.6. The lowest BCUT2D eigenvalue weighted by molar-refractivity contribution is -0.137. The molecule has 6 N–H and O–H groups in total. The molecule has 12 heteroatoms. The number of aliphatic carboxylic acids is 1. The molecule has 2 aromatic carbocycles. The monoisotopic (exact) mass is 622 g/mol. The molecule has 0 bridgehead atoms. The molecular weight excluding hydrogens is 584 g/mol. The van der Waals surface area contributed by atoms with E-state index in [1.54, 1.807) is 18.2 Å². The summed E-state index contributed by atoms with van der Waals surface area (Å²) >= 11 is 0. The van der Waals surface area contributed by atoms with Gasteiger partial charge in [0, 0.05) is 54.3 Å². The van der Waals surface area contributed by atoms with Gasteiger partial charge < -0.3 is 25.7 Å². The van der Waals surface area contributed by atoms with E-state index in [0.717, 1.165) is 22.1 Å². The summed E-state index contributed by atoms with van der Waals surface area (Å²) in [7, 11) is -4.26. The minimum Gasteiger partial charge on any atom is -0.481 e. The molecule has 234 valence electrons. The molecule has 4 rings (SSSR count). The number of anilines is 1. The van der Waals surface area contributed by atoms with Gasteiger partial charge in [-0.1, -0.05) is 37.1 Å². The molecule has 0 aromatic heterocycles. The van der Waals surface area contributed by atoms with Crippen molar-refractivity contribution in [2.45, 2.75) is 56.8 Å². The van der Waals surface area contributed by atoms with Crippen molar-refractivity contribution >= 4 is 38.7 Å². The van der Waals surface area contributed by atoms with E-state index in [1.165, 1.54) is 10.4 Å². The van der Waals surface area contributed by atoms with Crippen LogP contribution in [0.5, 0.6) is 0 Å². The predicted octanol–water partition coefficient (Wildman–Crippen LogP) is 5.65. The zero-order valence-corrected chi connectivity index (χ0v) is 25.5. The lowest BCUT2D eigenvalue weighted by atomic mass is 9.91. The van der Waals surface area contributed by atoms with Crippen LogP contribution in [0.1, 0.15) is 50.5 Å². The standard InChI is InChI=1S/C32H38N4O7S/c1-21-10-5-6-11-23(21)29-24-14-13-22(33)20-27(24)43-30-25(29)15-16-26(34)31(30)44(41,42)36(18-8-2-4-12-28(37)38)19-9-3-7-17-35-32(39)40/h5-6,10-11,13-16,20,34-35H,2-4,7-9,12,17-19,33H2,1H3,(H,37,38)(H,39,40). The van der Waals surface area contributed by atoms with Crippen LogP contribution in [-0.4, -0.2) is 54.6 Å². The third kappa shape index (κ3) is 7.56. The molecule has 0 fully saturated rings. The number of nitrogens with zero attached hydrogens (tertiary/aromatic N) is 1. The summed E-state index contributed by atoms with van der Waals surface area (Å²) in [5, 5.41) is 29.4. The Morgan fingerprint density at radius 2 is 1.64 bits per heavy atom. The maximum atomic E-state index is 14.4. The number of amides is 1. The van der Waals surface area contributed by atoms with Crippen molar-refractivity contribution in [3.63, 3.8) is 0 Å². The Labute approximate surface area is 256 Å². The first-order valence-electron chi connectivity index (χ1n) is 14.6. The van der Waals surface area contributed by atoms with Crippen molar-refractivity contribution in [1.29, 1.82) is 5.41 Å². The lowest BCUT2D eigenvalue weighted by Gasteiger charge is -2.25. The molecule has 0 saturated carbocycles. The number of hydrogen-bond acceptors (Lipinski definition) is 7. The van der Waals surface area contributed by atoms with E-state index in [2.05, 4.69) is 5.32 Å². The Morgan fingerprint density at radius 1 is 0.932 bits per heavy atom. The topological polar surface area (TPSA) is 187 Å². The third-order valence-electron chi connectivity index (χ3n) is 7.54. The maximum absolute atomic E-state index is 14.4. The molecule has 0 radical (unpaired) electrons. The fourth-order valence-corrected chi connectivity index (χ4v) is 7.08. The Morgan fingerprint density at radius 3 is 2.32 bits per heavy atom. The van der Waals surface area contributed by atoms with Gasteiger partial charge in [0.15, 0.2) is 10.7 Å². The summed E-state index contributed by atoms with van der Waals surface area (Å²) in [5.41, 5.74) is 10.1. The first-order valence-corrected chi connectivity index (χ1v) is 16.0. The number of nitrogen functional groups attached to an aromatic ring is 1. The molecule has 44 heavy (non-hydrogen) atoms. The van der Waals surface area contributed by atoms with Crippen molar-refractivity contribution in [3.8, 4) is 22.5 Å². The summed E-state index contributed by atoms with van der Waals surface area (Å²) in [4.78, 5) is 21.5. The second kappa shape index (κ2) is 14.4. The highest BCUT2D eigenvalue weighted by molar-refractivity contribution is 7.89. The molecule has 1 aliphatic carbocycles. The van der Waals surface area contributed by atoms with Crippen LogP contribution in [0, 0.1) is 12.3 Å². The van der Waals surface area contributed by atoms with E-state index in [0.29, 0.717) is 55.4 Å². The molecule has 2 aliphatic rings. The van der Waals surface area contributed by atoms with Gasteiger partial charge in [0.05, 0.1) is 5.36 Å². The number of fused-ring (bicyclic) bond motifs is 2. The number of sulfonamides is 1. The molecule has 0 spiro atoms. The summed E-state index contributed by atoms with van der Waals surface area (Å²) < 4.78 is 36.4. The maximum Gasteiger partial charge on any atom is 0.404 e. The van der Waals surface area contributed by atoms with Crippen LogP contribution in [0.25, 0.3) is 33.4 Å². The molecule has 0 saturated heterocycles. The van der Waals surface area contributed by atoms with Crippen LogP contribution in [0.3, 0.4) is 0 Å². The van der Waals surface area contributed by atoms with Gasteiger partial charge in [-0.2, -0.15) is 4.31 Å². The fourth-order valence-electron chi connectivity index (χ4n) is 5.35. The number of hydrogen-bond donors (Lipinski definition) is 5. The first-order chi connectivity index (χ1) is 21.0. The molecule has 0 unspecified atom stereocenters. The molecule has 1 amide bonds. The molecule has 1 aliphatic heterocycles. The van der Waals surface area contributed by atoms with E-state index in [9.17, 15) is 18.0 Å². The van der Waals surface area contributed by atoms with Crippen LogP contribution < -0.4 is 16.4 Å². The zero-order chi connectivity index (χ0) is 31.9. The average Bonchev–Trinajstić information content (AvgIpc) is 2.96. The number of nitrogens with one attached hydrogen (secondary N) is 2. The highest BCUT2D eigenvalue weighted by Gasteiger charge is 2.33. The average molecular weight is 623 g/mol. The quantitative estimate of drug-likeness (QED) is 0.0639. The largest absolute Gasteiger partial charge is 0.481 e. The normalized spacial score (nSPS) is 11.8. The van der Waals surface area contributed by atoms with Gasteiger partial charge in [0.2, 0.25) is 10.0 Å². The second-order valence-electron chi connectivity index (χ2n) is 10.8. The lowest BCUT2D eigenvalue weighted by Crippen LogP contribution is -2.36. The van der Waals surface area contributed by atoms with Gasteiger partial charge in [-0.05, 0) is 68.0 Å². The fraction of sp³-hybridized carbons (Fsp3) is 0.344. The van der Waals surface area contributed by atoms with Crippen LogP contribution in [0.4, 0.5) is 10.5 Å². The third-order valence-corrected chi connectivity index (χ3v) is 9.51. The van der Waals surface area contributed by atoms with Gasteiger partial charge in [-0.3, -0.25) is 10.2 Å². The number of benzene rings is 3. The predicted molar refractivity (Wildman–Crippen MR) is 168 cm³/mol. The van der Waals surface area contributed by atoms with Crippen molar-refractivity contribution in [2.24, 2.45) is 0 Å². The van der Waals surface area contributed by atoms with Crippen LogP contribution in [0.15, 0.2) is 63.9 Å². The van der Waals surface area contributed by atoms with Crippen LogP contribution in [-0.2, 0) is 14.8 Å². The number of rotatable bonds is 15. The number of aryl methyl sites for hydroxylation is 1. The molecule has 1 heterocycles. The molecule has 11 nitrogen and oxygen atoms in total. The van der Waals surface area contributed by atoms with Gasteiger partial charge in [0.1, 0.15) is 5.58 Å². The van der Waals surface area contributed by atoms with E-state index in [1.807, 2.05) is 37.3 Å². The smallest absolute Gasteiger partial charge is 0.404 e. The molecule has 0 atom stereocenters. The van der Waals surface area contributed by atoms with E-state index in [4.69, 9.17) is 25.8 Å². The SMILES string of the molecule is Cc1ccccc1-c1c2ccc(=N)c(S(=O)(=O)N(CCCCCNC(=O)O)CCCCCC(=O)O)c-2oc2cc(N)ccc12. The van der Waals surface area contributed by atoms with Crippen molar-refractivity contribution in [3.05, 3.63) is 65.5 Å². The van der Waals surface area contributed by atoms with Crippen molar-refractivity contribution < 1.29 is 32.6 Å². The van der Waals surface area contributed by atoms with Crippen LogP contribution in [0.2, 0.25) is 0 Å². The minimum atomic E-state index is -4.26. The number of carbonyl (C=O) groups is 2. The van der Waals surface area contributed by atoms with E-state index in [-0.39, 0.29) is 42.1 Å². The number of carboxylic acid groups (broad SMARTS) is 2. The Balaban J connectivity index is 1.78. The van der Waals surface area contributed by atoms with Gasteiger partial charge in [0.25, 0.3) is 0 Å². The summed E-state index contributed by atoms with van der Waals surface area (Å²) in [5.74, 6) is -0.839. The highest BCUT2D eigenvalue weighted by Crippen LogP contribution is 2.43. The molecule has 2 aromatic rings. The molecular formula is C32H38N4O7S. The number of unbranched alkanes of at least 4 members (excludes halogenated alkanes) is 4. The van der Waals surface area contributed by atoms with E-state index >= 15 is 0 Å². The highest BCUT2D eigenvalue weighted by atomic mass is 32.2. The van der Waals surface area contributed by atoms with E-state index < -0.39 is 22.1 Å². The Kier molecular flexibility index (Phi) is 10.6. The summed E-state index contributed by atoms with van der Waals surface area (Å²) in [6, 6.07) is 16.2. The van der Waals surface area contributed by atoms with Crippen molar-refractivity contribution in [1.82, 2.24) is 9.62 Å². The van der Waals surface area contributed by atoms with Crippen molar-refractivity contribution in [2.75, 3.05) is 25.4 Å². The number of nitrogens with two attached hydrogens (primary N) is 1. The summed E-state index contributed by atoms with van der Waals surface area (Å²) in [6.07, 6.45) is 1.87. The number of carboxylic acids is 1. The van der Waals surface area contributed by atoms with Gasteiger partial charge >= 0.3 is 12.1 Å². The zero-order valence-electron chi connectivity index (χ0n) is 24.6.